The number of fused-ring (bicyclic) bond motifs is 7. The van der Waals surface area contributed by atoms with Crippen LogP contribution in [0.1, 0.15) is 63.1 Å². The Bertz CT molecular complexity index is 1000. The first-order chi connectivity index (χ1) is 14.0. The van der Waals surface area contributed by atoms with Gasteiger partial charge < -0.3 is 15.2 Å². The largest absolute Gasteiger partial charge is 0.478 e. The Balaban J connectivity index is 1.65. The molecule has 2 saturated carbocycles. The number of carboxylic acids is 1. The number of carbonyl (C=O) groups excluding carboxylic acids is 1. The molecule has 5 atom stereocenters. The van der Waals surface area contributed by atoms with Gasteiger partial charge in [-0.25, -0.2) is 9.59 Å². The van der Waals surface area contributed by atoms with Gasteiger partial charge in [-0.05, 0) is 78.3 Å². The molecule has 0 spiro atoms. The number of methoxy groups -OCH3 is 1. The molecule has 2 aromatic rings. The van der Waals surface area contributed by atoms with Gasteiger partial charge in [0.1, 0.15) is 0 Å². The first kappa shape index (κ1) is 18.5. The van der Waals surface area contributed by atoms with E-state index in [0.29, 0.717) is 28.3 Å². The molecule has 29 heavy (non-hydrogen) atoms. The van der Waals surface area contributed by atoms with E-state index in [1.165, 1.54) is 20.0 Å². The predicted octanol–water partition coefficient (Wildman–Crippen LogP) is 5.12. The van der Waals surface area contributed by atoms with Gasteiger partial charge in [0.05, 0.1) is 35.0 Å². The van der Waals surface area contributed by atoms with Crippen molar-refractivity contribution in [3.05, 3.63) is 63.7 Å². The lowest BCUT2D eigenvalue weighted by Crippen LogP contribution is -2.36. The van der Waals surface area contributed by atoms with Crippen molar-refractivity contribution in [3.8, 4) is 0 Å². The third-order valence-electron chi connectivity index (χ3n) is 7.12. The van der Waals surface area contributed by atoms with Crippen LogP contribution in [0.3, 0.4) is 0 Å². The second-order valence-corrected chi connectivity index (χ2v) is 8.77. The zero-order chi connectivity index (χ0) is 20.3. The van der Waals surface area contributed by atoms with Gasteiger partial charge in [0.25, 0.3) is 0 Å². The first-order valence-corrected chi connectivity index (χ1v) is 10.4. The molecule has 1 aliphatic heterocycles. The third-order valence-corrected chi connectivity index (χ3v) is 7.43. The molecule has 2 N–H and O–H groups in total. The molecule has 2 aliphatic carbocycles. The van der Waals surface area contributed by atoms with Crippen LogP contribution in [0.15, 0.2) is 36.4 Å². The van der Waals surface area contributed by atoms with Crippen LogP contribution in [-0.2, 0) is 4.74 Å². The number of hydrogen-bond acceptors (Lipinski definition) is 4. The van der Waals surface area contributed by atoms with Gasteiger partial charge in [0.15, 0.2) is 0 Å². The quantitative estimate of drug-likeness (QED) is 0.685. The van der Waals surface area contributed by atoms with Gasteiger partial charge >= 0.3 is 11.9 Å². The third kappa shape index (κ3) is 2.75. The van der Waals surface area contributed by atoms with E-state index in [1.54, 1.807) is 24.3 Å². The fraction of sp³-hybridized carbons (Fsp3) is 0.391. The lowest BCUT2D eigenvalue weighted by molar-refractivity contribution is 0.0596. The number of anilines is 1. The van der Waals surface area contributed by atoms with E-state index in [9.17, 15) is 14.7 Å². The molecule has 1 heterocycles. The van der Waals surface area contributed by atoms with Crippen LogP contribution in [0.4, 0.5) is 5.69 Å². The van der Waals surface area contributed by atoms with E-state index in [4.69, 9.17) is 16.3 Å². The van der Waals surface area contributed by atoms with Gasteiger partial charge in [-0.3, -0.25) is 0 Å². The Labute approximate surface area is 174 Å². The Morgan fingerprint density at radius 3 is 2.52 bits per heavy atom. The summed E-state index contributed by atoms with van der Waals surface area (Å²) in [7, 11) is 1.41. The SMILES string of the molecule is COC(=O)c1ccc(Cl)c2c1[C@@H]1[C@H]3CC[C@@H](C3)[C@@H]1[C@H](c1ccc(C(=O)O)cc1)N2. The minimum atomic E-state index is -0.929. The number of aromatic carboxylic acids is 1. The van der Waals surface area contributed by atoms with Crippen LogP contribution in [0.2, 0.25) is 5.02 Å². The van der Waals surface area contributed by atoms with Crippen LogP contribution in [0.25, 0.3) is 0 Å². The second-order valence-electron chi connectivity index (χ2n) is 8.36. The van der Waals surface area contributed by atoms with Crippen molar-refractivity contribution in [1.29, 1.82) is 0 Å². The van der Waals surface area contributed by atoms with Crippen LogP contribution in [0, 0.1) is 17.8 Å². The van der Waals surface area contributed by atoms with Crippen molar-refractivity contribution in [2.24, 2.45) is 17.8 Å². The predicted molar refractivity (Wildman–Crippen MR) is 110 cm³/mol. The van der Waals surface area contributed by atoms with E-state index in [0.717, 1.165) is 23.2 Å². The molecular formula is C23H22ClNO4. The summed E-state index contributed by atoms with van der Waals surface area (Å²) in [5.41, 5.74) is 3.75. The highest BCUT2D eigenvalue weighted by atomic mass is 35.5. The molecule has 5 rings (SSSR count). The summed E-state index contributed by atoms with van der Waals surface area (Å²) in [5, 5.41) is 13.4. The minimum Gasteiger partial charge on any atom is -0.478 e. The number of benzene rings is 2. The normalized spacial score (nSPS) is 29.0. The minimum absolute atomic E-state index is 0.0380. The second kappa shape index (κ2) is 6.77. The highest BCUT2D eigenvalue weighted by molar-refractivity contribution is 6.33. The Kier molecular flexibility index (Phi) is 4.32. The van der Waals surface area contributed by atoms with Crippen molar-refractivity contribution in [2.75, 3.05) is 12.4 Å². The number of rotatable bonds is 3. The van der Waals surface area contributed by atoms with Crippen LogP contribution < -0.4 is 5.32 Å². The number of carbonyl (C=O) groups is 2. The van der Waals surface area contributed by atoms with Gasteiger partial charge in [-0.15, -0.1) is 0 Å². The zero-order valence-electron chi connectivity index (χ0n) is 16.0. The fourth-order valence-electron chi connectivity index (χ4n) is 6.01. The number of halogens is 1. The van der Waals surface area contributed by atoms with E-state index in [-0.39, 0.29) is 23.5 Å². The Morgan fingerprint density at radius 1 is 1.10 bits per heavy atom. The maximum absolute atomic E-state index is 12.5. The van der Waals surface area contributed by atoms with E-state index >= 15 is 0 Å². The summed E-state index contributed by atoms with van der Waals surface area (Å²) in [6.45, 7) is 0. The fourth-order valence-corrected chi connectivity index (χ4v) is 6.23. The lowest BCUT2D eigenvalue weighted by atomic mass is 9.67. The summed E-state index contributed by atoms with van der Waals surface area (Å²) in [6, 6.07) is 10.7. The summed E-state index contributed by atoms with van der Waals surface area (Å²) in [6.07, 6.45) is 3.52. The average molecular weight is 412 g/mol. The maximum atomic E-state index is 12.5. The molecule has 0 radical (unpaired) electrons. The number of hydrogen-bond donors (Lipinski definition) is 2. The molecule has 5 nitrogen and oxygen atoms in total. The van der Waals surface area contributed by atoms with E-state index in [1.807, 2.05) is 12.1 Å². The molecule has 3 aliphatic rings. The standard InChI is InChI=1S/C23H22ClNO4/c1-29-23(28)15-8-9-16(24)21-19(15)17-13-6-7-14(10-13)18(17)20(25-21)11-2-4-12(5-3-11)22(26)27/h2-5,8-9,13-14,17-18,20,25H,6-7,10H2,1H3,(H,26,27)/t13-,14-,17+,18-,20-/m0/s1. The molecule has 2 bridgehead atoms. The van der Waals surface area contributed by atoms with Crippen LogP contribution >= 0.6 is 11.6 Å². The number of carboxylic acid groups (broad SMARTS) is 1. The van der Waals surface area contributed by atoms with Crippen molar-refractivity contribution in [1.82, 2.24) is 0 Å². The monoisotopic (exact) mass is 411 g/mol. The Hall–Kier alpha value is -2.53. The van der Waals surface area contributed by atoms with Crippen molar-refractivity contribution < 1.29 is 19.4 Å². The van der Waals surface area contributed by atoms with Crippen molar-refractivity contribution >= 4 is 29.2 Å². The van der Waals surface area contributed by atoms with Gasteiger partial charge in [-0.2, -0.15) is 0 Å². The van der Waals surface area contributed by atoms with Crippen LogP contribution in [-0.4, -0.2) is 24.2 Å². The van der Waals surface area contributed by atoms with E-state index < -0.39 is 5.97 Å². The first-order valence-electron chi connectivity index (χ1n) is 10.00. The smallest absolute Gasteiger partial charge is 0.338 e. The highest BCUT2D eigenvalue weighted by Crippen LogP contribution is 2.64. The summed E-state index contributed by atoms with van der Waals surface area (Å²) >= 11 is 6.58. The number of ether oxygens (including phenoxy) is 1. The molecule has 2 aromatic carbocycles. The summed E-state index contributed by atoms with van der Waals surface area (Å²) < 4.78 is 5.05. The van der Waals surface area contributed by atoms with Crippen molar-refractivity contribution in [2.45, 2.75) is 31.2 Å². The summed E-state index contributed by atoms with van der Waals surface area (Å²) in [4.78, 5) is 23.7. The number of nitrogens with one attached hydrogen (secondary N) is 1. The number of esters is 1. The molecule has 0 amide bonds. The van der Waals surface area contributed by atoms with Gasteiger partial charge in [0.2, 0.25) is 0 Å². The molecule has 0 saturated heterocycles. The van der Waals surface area contributed by atoms with Crippen LogP contribution in [0.5, 0.6) is 0 Å². The molecule has 0 aromatic heterocycles. The maximum Gasteiger partial charge on any atom is 0.338 e. The molecule has 2 fully saturated rings. The molecule has 0 unspecified atom stereocenters. The highest BCUT2D eigenvalue weighted by Gasteiger charge is 2.55. The average Bonchev–Trinajstić information content (AvgIpc) is 3.36. The zero-order valence-corrected chi connectivity index (χ0v) is 16.8. The van der Waals surface area contributed by atoms with Gasteiger partial charge in [-0.1, -0.05) is 23.7 Å². The summed E-state index contributed by atoms with van der Waals surface area (Å²) in [5.74, 6) is 0.459. The van der Waals surface area contributed by atoms with Crippen molar-refractivity contribution in [3.63, 3.8) is 0 Å². The molecule has 6 heteroatoms. The molecule has 150 valence electrons. The molecular weight excluding hydrogens is 390 g/mol. The Morgan fingerprint density at radius 2 is 1.83 bits per heavy atom. The van der Waals surface area contributed by atoms with E-state index in [2.05, 4.69) is 5.32 Å². The van der Waals surface area contributed by atoms with Gasteiger partial charge in [0, 0.05) is 0 Å². The lowest BCUT2D eigenvalue weighted by Gasteiger charge is -2.44. The topological polar surface area (TPSA) is 75.6 Å².